The van der Waals surface area contributed by atoms with Gasteiger partial charge < -0.3 is 10.1 Å². The first-order valence-electron chi connectivity index (χ1n) is 7.12. The zero-order chi connectivity index (χ0) is 15.4. The Morgan fingerprint density at radius 2 is 2.10 bits per heavy atom. The summed E-state index contributed by atoms with van der Waals surface area (Å²) in [6.07, 6.45) is 0. The number of hydrogen-bond acceptors (Lipinski definition) is 3. The molecule has 1 heterocycles. The van der Waals surface area contributed by atoms with Crippen molar-refractivity contribution in [3.05, 3.63) is 45.2 Å². The molecular formula is C16H22BrN3O. The van der Waals surface area contributed by atoms with E-state index in [9.17, 15) is 0 Å². The van der Waals surface area contributed by atoms with Crippen LogP contribution < -0.4 is 10.1 Å². The lowest BCUT2D eigenvalue weighted by Crippen LogP contribution is -2.13. The molecule has 114 valence electrons. The first-order valence-corrected chi connectivity index (χ1v) is 7.92. The first kappa shape index (κ1) is 16.0. The molecule has 0 bridgehead atoms. The lowest BCUT2D eigenvalue weighted by Gasteiger charge is -2.11. The Morgan fingerprint density at radius 3 is 2.76 bits per heavy atom. The third kappa shape index (κ3) is 3.66. The van der Waals surface area contributed by atoms with E-state index in [4.69, 9.17) is 4.74 Å². The summed E-state index contributed by atoms with van der Waals surface area (Å²) in [6.45, 7) is 8.83. The van der Waals surface area contributed by atoms with E-state index in [2.05, 4.69) is 53.2 Å². The largest absolute Gasteiger partial charge is 0.496 e. The van der Waals surface area contributed by atoms with Crippen LogP contribution >= 0.6 is 15.9 Å². The van der Waals surface area contributed by atoms with Crippen molar-refractivity contribution in [3.63, 3.8) is 0 Å². The fourth-order valence-corrected chi connectivity index (χ4v) is 2.83. The Hall–Kier alpha value is -1.33. The van der Waals surface area contributed by atoms with Crippen LogP contribution in [0.5, 0.6) is 5.75 Å². The van der Waals surface area contributed by atoms with Gasteiger partial charge in [-0.2, -0.15) is 5.10 Å². The topological polar surface area (TPSA) is 39.1 Å². The van der Waals surface area contributed by atoms with Gasteiger partial charge >= 0.3 is 0 Å². The lowest BCUT2D eigenvalue weighted by atomic mass is 10.2. The molecule has 0 unspecified atom stereocenters. The van der Waals surface area contributed by atoms with Crippen molar-refractivity contribution in [1.82, 2.24) is 15.1 Å². The van der Waals surface area contributed by atoms with Gasteiger partial charge in [-0.15, -0.1) is 0 Å². The molecule has 0 saturated heterocycles. The molecule has 0 saturated carbocycles. The van der Waals surface area contributed by atoms with E-state index in [1.807, 2.05) is 16.8 Å². The smallest absolute Gasteiger partial charge is 0.124 e. The molecule has 21 heavy (non-hydrogen) atoms. The fourth-order valence-electron chi connectivity index (χ4n) is 2.43. The molecule has 0 atom stereocenters. The second kappa shape index (κ2) is 7.09. The van der Waals surface area contributed by atoms with Gasteiger partial charge in [-0.1, -0.05) is 22.9 Å². The average Bonchev–Trinajstić information content (AvgIpc) is 2.72. The maximum absolute atomic E-state index is 5.44. The number of methoxy groups -OCH3 is 1. The molecule has 2 rings (SSSR count). The van der Waals surface area contributed by atoms with Crippen LogP contribution in [0.15, 0.2) is 22.7 Å². The number of halogens is 1. The minimum atomic E-state index is 0.710. The van der Waals surface area contributed by atoms with Crippen molar-refractivity contribution in [3.8, 4) is 5.75 Å². The van der Waals surface area contributed by atoms with Gasteiger partial charge in [0.1, 0.15) is 5.75 Å². The number of rotatable bonds is 6. The predicted molar refractivity (Wildman–Crippen MR) is 88.9 cm³/mol. The number of benzene rings is 1. The summed E-state index contributed by atoms with van der Waals surface area (Å²) in [5, 5.41) is 8.04. The number of hydrogen-bond donors (Lipinski definition) is 1. The summed E-state index contributed by atoms with van der Waals surface area (Å²) in [4.78, 5) is 0. The molecule has 5 heteroatoms. The maximum Gasteiger partial charge on any atom is 0.124 e. The summed E-state index contributed by atoms with van der Waals surface area (Å²) in [6, 6.07) is 6.05. The van der Waals surface area contributed by atoms with Crippen molar-refractivity contribution >= 4 is 15.9 Å². The molecule has 4 nitrogen and oxygen atoms in total. The van der Waals surface area contributed by atoms with Crippen molar-refractivity contribution in [2.75, 3.05) is 13.7 Å². The summed E-state index contributed by atoms with van der Waals surface area (Å²) in [5.74, 6) is 0.888. The second-order valence-corrected chi connectivity index (χ2v) is 5.96. The first-order chi connectivity index (χ1) is 10.1. The quantitative estimate of drug-likeness (QED) is 0.866. The van der Waals surface area contributed by atoms with Gasteiger partial charge in [0.2, 0.25) is 0 Å². The van der Waals surface area contributed by atoms with Crippen molar-refractivity contribution < 1.29 is 4.74 Å². The highest BCUT2D eigenvalue weighted by molar-refractivity contribution is 9.10. The standard InChI is InChI=1S/C16H22BrN3O/c1-5-18-9-15-11(2)19-20(12(15)3)10-13-8-14(17)6-7-16(13)21-4/h6-8,18H,5,9-10H2,1-4H3. The summed E-state index contributed by atoms with van der Waals surface area (Å²) < 4.78 is 8.54. The summed E-state index contributed by atoms with van der Waals surface area (Å²) in [7, 11) is 1.70. The highest BCUT2D eigenvalue weighted by Gasteiger charge is 2.13. The molecule has 0 spiro atoms. The molecule has 1 aromatic carbocycles. The van der Waals surface area contributed by atoms with Gasteiger partial charge in [0.15, 0.2) is 0 Å². The minimum absolute atomic E-state index is 0.710. The van der Waals surface area contributed by atoms with Crippen LogP contribution in [0.4, 0.5) is 0 Å². The number of ether oxygens (including phenoxy) is 1. The SMILES string of the molecule is CCNCc1c(C)nn(Cc2cc(Br)ccc2OC)c1C. The molecule has 0 fully saturated rings. The zero-order valence-electron chi connectivity index (χ0n) is 13.0. The van der Waals surface area contributed by atoms with Crippen LogP contribution in [0.25, 0.3) is 0 Å². The van der Waals surface area contributed by atoms with Gasteiger partial charge in [-0.3, -0.25) is 4.68 Å². The summed E-state index contributed by atoms with van der Waals surface area (Å²) in [5.41, 5.74) is 4.69. The van der Waals surface area contributed by atoms with Gasteiger partial charge in [0, 0.05) is 27.8 Å². The van der Waals surface area contributed by atoms with Gasteiger partial charge in [-0.05, 0) is 38.6 Å². The second-order valence-electron chi connectivity index (χ2n) is 5.04. The van der Waals surface area contributed by atoms with Crippen molar-refractivity contribution in [2.45, 2.75) is 33.9 Å². The van der Waals surface area contributed by atoms with Gasteiger partial charge in [-0.25, -0.2) is 0 Å². The molecule has 0 radical (unpaired) electrons. The number of aromatic nitrogens is 2. The maximum atomic E-state index is 5.44. The predicted octanol–water partition coefficient (Wildman–Crippen LogP) is 3.43. The molecule has 0 aliphatic carbocycles. The molecular weight excluding hydrogens is 330 g/mol. The van der Waals surface area contributed by atoms with E-state index >= 15 is 0 Å². The molecule has 0 amide bonds. The highest BCUT2D eigenvalue weighted by Crippen LogP contribution is 2.25. The van der Waals surface area contributed by atoms with Crippen LogP contribution in [0.2, 0.25) is 0 Å². The van der Waals surface area contributed by atoms with Crippen molar-refractivity contribution in [1.29, 1.82) is 0 Å². The van der Waals surface area contributed by atoms with Crippen LogP contribution in [0.3, 0.4) is 0 Å². The Kier molecular flexibility index (Phi) is 5.42. The third-order valence-corrected chi connectivity index (χ3v) is 4.14. The van der Waals surface area contributed by atoms with Crippen molar-refractivity contribution in [2.24, 2.45) is 0 Å². The van der Waals surface area contributed by atoms with E-state index in [-0.39, 0.29) is 0 Å². The Labute approximate surface area is 134 Å². The summed E-state index contributed by atoms with van der Waals surface area (Å²) >= 11 is 3.52. The lowest BCUT2D eigenvalue weighted by molar-refractivity contribution is 0.407. The van der Waals surface area contributed by atoms with Crippen LogP contribution in [0.1, 0.15) is 29.4 Å². The van der Waals surface area contributed by atoms with E-state index in [0.29, 0.717) is 6.54 Å². The Morgan fingerprint density at radius 1 is 1.33 bits per heavy atom. The molecule has 0 aliphatic rings. The molecule has 0 aliphatic heterocycles. The number of aryl methyl sites for hydroxylation is 1. The number of nitrogens with one attached hydrogen (secondary N) is 1. The van der Waals surface area contributed by atoms with Crippen LogP contribution in [-0.4, -0.2) is 23.4 Å². The third-order valence-electron chi connectivity index (χ3n) is 3.65. The van der Waals surface area contributed by atoms with E-state index in [1.54, 1.807) is 7.11 Å². The zero-order valence-corrected chi connectivity index (χ0v) is 14.6. The normalized spacial score (nSPS) is 10.9. The fraction of sp³-hybridized carbons (Fsp3) is 0.438. The van der Waals surface area contributed by atoms with Crippen LogP contribution in [0, 0.1) is 13.8 Å². The molecule has 1 N–H and O–H groups in total. The minimum Gasteiger partial charge on any atom is -0.496 e. The molecule has 2 aromatic rings. The monoisotopic (exact) mass is 351 g/mol. The van der Waals surface area contributed by atoms with Crippen LogP contribution in [-0.2, 0) is 13.1 Å². The highest BCUT2D eigenvalue weighted by atomic mass is 79.9. The number of nitrogens with zero attached hydrogens (tertiary/aromatic N) is 2. The average molecular weight is 352 g/mol. The van der Waals surface area contributed by atoms with E-state index in [0.717, 1.165) is 34.6 Å². The Bertz CT molecular complexity index is 622. The Balaban J connectivity index is 2.30. The van der Waals surface area contributed by atoms with Gasteiger partial charge in [0.05, 0.1) is 19.3 Å². The molecule has 1 aromatic heterocycles. The van der Waals surface area contributed by atoms with Gasteiger partial charge in [0.25, 0.3) is 0 Å². The van der Waals surface area contributed by atoms with E-state index in [1.165, 1.54) is 11.3 Å². The van der Waals surface area contributed by atoms with E-state index < -0.39 is 0 Å².